The molecule has 4 heteroatoms. The Kier molecular flexibility index (Phi) is 5.00. The summed E-state index contributed by atoms with van der Waals surface area (Å²) in [6.45, 7) is 0. The van der Waals surface area contributed by atoms with E-state index in [9.17, 15) is 4.79 Å². The largest absolute Gasteiger partial charge is 0.457 e. The minimum Gasteiger partial charge on any atom is -0.457 e. The Bertz CT molecular complexity index is 900. The van der Waals surface area contributed by atoms with Crippen LogP contribution in [0.2, 0.25) is 0 Å². The van der Waals surface area contributed by atoms with Crippen LogP contribution in [-0.2, 0) is 11.2 Å². The first kappa shape index (κ1) is 19.3. The van der Waals surface area contributed by atoms with Gasteiger partial charge in [0.15, 0.2) is 0 Å². The normalized spacial score (nSPS) is 31.2. The van der Waals surface area contributed by atoms with Gasteiger partial charge in [-0.2, -0.15) is 0 Å². The Labute approximate surface area is 208 Å². The van der Waals surface area contributed by atoms with Gasteiger partial charge in [0.1, 0.15) is 17.1 Å². The second-order valence-corrected chi connectivity index (χ2v) is 9.16. The quantitative estimate of drug-likeness (QED) is 0.443. The van der Waals surface area contributed by atoms with Crippen LogP contribution in [0.3, 0.4) is 0 Å². The first-order valence-electron chi connectivity index (χ1n) is 10.3. The third kappa shape index (κ3) is 3.22. The van der Waals surface area contributed by atoms with Gasteiger partial charge in [-0.15, -0.1) is 0 Å². The van der Waals surface area contributed by atoms with E-state index in [4.69, 9.17) is 9.47 Å². The van der Waals surface area contributed by atoms with E-state index in [0.717, 1.165) is 66.1 Å². The molecule has 1 radical (unpaired) electrons. The van der Waals surface area contributed by atoms with Crippen LogP contribution in [0.1, 0.15) is 60.0 Å². The van der Waals surface area contributed by atoms with Crippen molar-refractivity contribution in [3.05, 3.63) is 59.2 Å². The molecule has 0 spiro atoms. The second kappa shape index (κ2) is 7.24. The van der Waals surface area contributed by atoms with E-state index >= 15 is 0 Å². The van der Waals surface area contributed by atoms with Crippen LogP contribution in [0.25, 0.3) is 0 Å². The van der Waals surface area contributed by atoms with Crippen LogP contribution < -0.4 is 4.74 Å². The molecular formula is C24H24KO3. The zero-order valence-corrected chi connectivity index (χ0v) is 19.6. The molecule has 1 heterocycles. The zero-order chi connectivity index (χ0) is 18.0. The molecule has 28 heavy (non-hydrogen) atoms. The van der Waals surface area contributed by atoms with Gasteiger partial charge in [-0.3, -0.25) is 0 Å². The standard InChI is InChI=1S/C24H24O3.K/c25-23(27-24-12-15-8-16(13-24)10-17(9-15)14-24)19-5-3-7-22-20(19)11-18-4-1-2-6-21(18)26-22;/h1-7,15-17H,8-14H2;. The van der Waals surface area contributed by atoms with E-state index in [-0.39, 0.29) is 63.0 Å². The third-order valence-corrected chi connectivity index (χ3v) is 7.20. The molecule has 4 saturated carbocycles. The summed E-state index contributed by atoms with van der Waals surface area (Å²) in [5.41, 5.74) is 2.56. The van der Waals surface area contributed by atoms with Crippen LogP contribution in [0, 0.1) is 17.8 Å². The SMILES string of the molecule is O=C(OC12CC3CC(CC(C3)C1)C2)c1cccc2c1Cc1ccccc1O2.[K]. The minimum absolute atomic E-state index is 0. The maximum atomic E-state index is 13.2. The van der Waals surface area contributed by atoms with Gasteiger partial charge < -0.3 is 9.47 Å². The average molecular weight is 400 g/mol. The Morgan fingerprint density at radius 1 is 0.893 bits per heavy atom. The molecule has 1 aliphatic heterocycles. The zero-order valence-electron chi connectivity index (χ0n) is 16.4. The maximum Gasteiger partial charge on any atom is 0.339 e. The van der Waals surface area contributed by atoms with Gasteiger partial charge in [0.25, 0.3) is 0 Å². The van der Waals surface area contributed by atoms with E-state index in [2.05, 4.69) is 6.07 Å². The van der Waals surface area contributed by atoms with Crippen molar-refractivity contribution < 1.29 is 14.3 Å². The number of fused-ring (bicyclic) bond motifs is 2. The van der Waals surface area contributed by atoms with E-state index in [1.165, 1.54) is 19.3 Å². The molecule has 4 fully saturated rings. The van der Waals surface area contributed by atoms with Crippen molar-refractivity contribution in [2.75, 3.05) is 0 Å². The number of benzene rings is 2. The van der Waals surface area contributed by atoms with Crippen LogP contribution in [-0.4, -0.2) is 63.0 Å². The Morgan fingerprint density at radius 2 is 1.54 bits per heavy atom. The summed E-state index contributed by atoms with van der Waals surface area (Å²) < 4.78 is 12.4. The van der Waals surface area contributed by atoms with Crippen LogP contribution in [0.5, 0.6) is 11.5 Å². The Hall–Kier alpha value is -0.654. The molecule has 5 aliphatic rings. The van der Waals surface area contributed by atoms with Crippen molar-refractivity contribution >= 4 is 57.4 Å². The summed E-state index contributed by atoms with van der Waals surface area (Å²) in [6, 6.07) is 13.8. The predicted molar refractivity (Wildman–Crippen MR) is 108 cm³/mol. The molecule has 0 N–H and O–H groups in total. The fourth-order valence-electron chi connectivity index (χ4n) is 6.50. The summed E-state index contributed by atoms with van der Waals surface area (Å²) in [7, 11) is 0. The van der Waals surface area contributed by atoms with Crippen molar-refractivity contribution in [3.8, 4) is 11.5 Å². The fourth-order valence-corrected chi connectivity index (χ4v) is 6.50. The summed E-state index contributed by atoms with van der Waals surface area (Å²) in [6.07, 6.45) is 7.97. The summed E-state index contributed by atoms with van der Waals surface area (Å²) in [4.78, 5) is 13.2. The molecule has 7 rings (SSSR count). The molecule has 2 aromatic carbocycles. The molecule has 4 aliphatic carbocycles. The van der Waals surface area contributed by atoms with E-state index in [1.807, 2.05) is 36.4 Å². The number of hydrogen-bond acceptors (Lipinski definition) is 3. The van der Waals surface area contributed by atoms with Gasteiger partial charge in [-0.25, -0.2) is 4.79 Å². The van der Waals surface area contributed by atoms with E-state index in [0.29, 0.717) is 5.56 Å². The predicted octanol–water partition coefficient (Wildman–Crippen LogP) is 5.13. The monoisotopic (exact) mass is 399 g/mol. The molecule has 4 bridgehead atoms. The summed E-state index contributed by atoms with van der Waals surface area (Å²) in [5, 5.41) is 0. The number of esters is 1. The summed E-state index contributed by atoms with van der Waals surface area (Å²) in [5.74, 6) is 3.82. The van der Waals surface area contributed by atoms with Crippen molar-refractivity contribution in [3.63, 3.8) is 0 Å². The average Bonchev–Trinajstić information content (AvgIpc) is 2.64. The third-order valence-electron chi connectivity index (χ3n) is 7.20. The van der Waals surface area contributed by atoms with Gasteiger partial charge in [-0.1, -0.05) is 24.3 Å². The Balaban J connectivity index is 0.00000171. The molecule has 2 aromatic rings. The molecular weight excluding hydrogens is 375 g/mol. The minimum atomic E-state index is -0.206. The number of ether oxygens (including phenoxy) is 2. The van der Waals surface area contributed by atoms with Crippen LogP contribution >= 0.6 is 0 Å². The molecule has 3 nitrogen and oxygen atoms in total. The van der Waals surface area contributed by atoms with Crippen LogP contribution in [0.15, 0.2) is 42.5 Å². The Morgan fingerprint density at radius 3 is 2.25 bits per heavy atom. The van der Waals surface area contributed by atoms with Crippen molar-refractivity contribution in [1.29, 1.82) is 0 Å². The van der Waals surface area contributed by atoms with Gasteiger partial charge >= 0.3 is 5.97 Å². The van der Waals surface area contributed by atoms with Gasteiger partial charge in [-0.05, 0) is 80.0 Å². The number of hydrogen-bond donors (Lipinski definition) is 0. The second-order valence-electron chi connectivity index (χ2n) is 9.16. The molecule has 139 valence electrons. The molecule has 0 amide bonds. The molecule has 0 atom stereocenters. The first-order chi connectivity index (χ1) is 13.2. The van der Waals surface area contributed by atoms with Gasteiger partial charge in [0.2, 0.25) is 0 Å². The van der Waals surface area contributed by atoms with Gasteiger partial charge in [0.05, 0.1) is 5.56 Å². The van der Waals surface area contributed by atoms with Gasteiger partial charge in [0, 0.05) is 63.4 Å². The maximum absolute atomic E-state index is 13.2. The molecule has 0 aromatic heterocycles. The number of rotatable bonds is 2. The number of para-hydroxylation sites is 1. The van der Waals surface area contributed by atoms with Crippen molar-refractivity contribution in [1.82, 2.24) is 0 Å². The molecule has 0 unspecified atom stereocenters. The smallest absolute Gasteiger partial charge is 0.339 e. The molecule has 0 saturated heterocycles. The van der Waals surface area contributed by atoms with Crippen molar-refractivity contribution in [2.24, 2.45) is 17.8 Å². The number of carbonyl (C=O) groups excluding carboxylic acids is 1. The van der Waals surface area contributed by atoms with Crippen molar-refractivity contribution in [2.45, 2.75) is 50.5 Å². The van der Waals surface area contributed by atoms with E-state index < -0.39 is 0 Å². The summed E-state index contributed by atoms with van der Waals surface area (Å²) >= 11 is 0. The van der Waals surface area contributed by atoms with E-state index in [1.54, 1.807) is 0 Å². The van der Waals surface area contributed by atoms with Crippen LogP contribution in [0.4, 0.5) is 0 Å². The fraction of sp³-hybridized carbons (Fsp3) is 0.458. The first-order valence-corrected chi connectivity index (χ1v) is 10.3. The topological polar surface area (TPSA) is 35.5 Å². The number of carbonyl (C=O) groups is 1.